The van der Waals surface area contributed by atoms with Crippen molar-refractivity contribution >= 4 is 0 Å². The number of nitrogens with zero attached hydrogens (tertiary/aromatic N) is 2. The number of benzene rings is 1. The van der Waals surface area contributed by atoms with Crippen LogP contribution in [0.3, 0.4) is 0 Å². The Kier molecular flexibility index (Phi) is 6.93. The summed E-state index contributed by atoms with van der Waals surface area (Å²) < 4.78 is 0. The lowest BCUT2D eigenvalue weighted by molar-refractivity contribution is 0.00609. The quantitative estimate of drug-likeness (QED) is 0.647. The van der Waals surface area contributed by atoms with Crippen molar-refractivity contribution in [1.29, 1.82) is 0 Å². The van der Waals surface area contributed by atoms with Gasteiger partial charge in [0.2, 0.25) is 0 Å². The second kappa shape index (κ2) is 9.82. The number of piperidine rings is 1. The summed E-state index contributed by atoms with van der Waals surface area (Å²) in [5.74, 6) is 0. The molecule has 0 atom stereocenters. The fraction of sp³-hybridized carbons (Fsp3) is 0.520. The van der Waals surface area contributed by atoms with Crippen molar-refractivity contribution in [1.82, 2.24) is 15.1 Å². The minimum Gasteiger partial charge on any atom is -0.400 e. The van der Waals surface area contributed by atoms with E-state index in [4.69, 9.17) is 5.73 Å². The average molecular weight is 409 g/mol. The minimum atomic E-state index is -0.894. The van der Waals surface area contributed by atoms with Crippen LogP contribution in [0.2, 0.25) is 0 Å². The fourth-order valence-electron chi connectivity index (χ4n) is 4.67. The zero-order valence-electron chi connectivity index (χ0n) is 18.0. The second-order valence-electron chi connectivity index (χ2n) is 9.03. The minimum absolute atomic E-state index is 0.585. The summed E-state index contributed by atoms with van der Waals surface area (Å²) in [7, 11) is 0. The number of aliphatic hydroxyl groups is 1. The molecule has 0 saturated carbocycles. The van der Waals surface area contributed by atoms with Crippen LogP contribution in [0.1, 0.15) is 44.1 Å². The number of hydrogen-bond acceptors (Lipinski definition) is 5. The normalized spacial score (nSPS) is 24.2. The molecule has 3 heterocycles. The van der Waals surface area contributed by atoms with Crippen molar-refractivity contribution < 1.29 is 5.11 Å². The first-order valence-corrected chi connectivity index (χ1v) is 11.4. The molecular formula is C25H36N4O. The fourth-order valence-corrected chi connectivity index (χ4v) is 4.67. The topological polar surface area (TPSA) is 64.8 Å². The predicted octanol–water partition coefficient (Wildman–Crippen LogP) is 3.10. The SMILES string of the molecule is N/C(=C\C=C1/CC(CCN2CCCC2)=CN1)C1(O)CCN(Cc2ccccc2)CC1. The molecule has 162 valence electrons. The van der Waals surface area contributed by atoms with Gasteiger partial charge < -0.3 is 21.1 Å². The van der Waals surface area contributed by atoms with E-state index < -0.39 is 5.60 Å². The highest BCUT2D eigenvalue weighted by Gasteiger charge is 2.34. The van der Waals surface area contributed by atoms with Gasteiger partial charge in [-0.05, 0) is 68.5 Å². The third-order valence-electron chi connectivity index (χ3n) is 6.76. The summed E-state index contributed by atoms with van der Waals surface area (Å²) in [5, 5.41) is 14.4. The van der Waals surface area contributed by atoms with Gasteiger partial charge in [-0.1, -0.05) is 30.3 Å². The van der Waals surface area contributed by atoms with Crippen LogP contribution >= 0.6 is 0 Å². The van der Waals surface area contributed by atoms with Crippen molar-refractivity contribution in [3.8, 4) is 0 Å². The molecule has 2 fully saturated rings. The molecule has 1 aromatic carbocycles. The Labute approximate surface area is 180 Å². The van der Waals surface area contributed by atoms with E-state index in [0.717, 1.165) is 39.0 Å². The van der Waals surface area contributed by atoms with E-state index in [9.17, 15) is 5.11 Å². The van der Waals surface area contributed by atoms with Crippen LogP contribution in [0.4, 0.5) is 0 Å². The molecule has 30 heavy (non-hydrogen) atoms. The lowest BCUT2D eigenvalue weighted by atomic mass is 9.87. The zero-order valence-corrected chi connectivity index (χ0v) is 18.0. The van der Waals surface area contributed by atoms with Crippen molar-refractivity contribution in [3.63, 3.8) is 0 Å². The van der Waals surface area contributed by atoms with Gasteiger partial charge in [0.15, 0.2) is 0 Å². The second-order valence-corrected chi connectivity index (χ2v) is 9.03. The van der Waals surface area contributed by atoms with Gasteiger partial charge >= 0.3 is 0 Å². The monoisotopic (exact) mass is 408 g/mol. The summed E-state index contributed by atoms with van der Waals surface area (Å²) in [6.45, 7) is 6.32. The van der Waals surface area contributed by atoms with Crippen LogP contribution in [0.5, 0.6) is 0 Å². The zero-order chi connectivity index (χ0) is 20.8. The number of rotatable bonds is 7. The number of nitrogens with two attached hydrogens (primary N) is 1. The largest absolute Gasteiger partial charge is 0.400 e. The van der Waals surface area contributed by atoms with Crippen molar-refractivity contribution in [2.45, 2.75) is 50.7 Å². The molecule has 0 bridgehead atoms. The summed E-state index contributed by atoms with van der Waals surface area (Å²) in [6, 6.07) is 10.5. The molecule has 0 aromatic heterocycles. The molecule has 3 aliphatic rings. The molecule has 0 unspecified atom stereocenters. The maximum atomic E-state index is 11.1. The van der Waals surface area contributed by atoms with Crippen molar-refractivity contribution in [3.05, 3.63) is 71.2 Å². The smallest absolute Gasteiger partial charge is 0.106 e. The average Bonchev–Trinajstić information content (AvgIpc) is 3.45. The Morgan fingerprint density at radius 1 is 1.07 bits per heavy atom. The van der Waals surface area contributed by atoms with Crippen LogP contribution in [0.25, 0.3) is 0 Å². The Bertz CT molecular complexity index is 785. The van der Waals surface area contributed by atoms with Gasteiger partial charge in [-0.25, -0.2) is 0 Å². The summed E-state index contributed by atoms with van der Waals surface area (Å²) in [4.78, 5) is 4.95. The number of hydrogen-bond donors (Lipinski definition) is 3. The number of nitrogens with one attached hydrogen (secondary N) is 1. The van der Waals surface area contributed by atoms with E-state index in [0.29, 0.717) is 18.5 Å². The predicted molar refractivity (Wildman–Crippen MR) is 122 cm³/mol. The number of allylic oxidation sites excluding steroid dienone is 3. The standard InChI is InChI=1S/C25H36N4O/c26-24(9-8-23-18-22(19-27-23)10-15-28-13-4-5-14-28)25(30)11-16-29(17-12-25)20-21-6-2-1-3-7-21/h1-3,6-9,19,27,30H,4-5,10-18,20,26H2/b23-8+,24-9-. The Morgan fingerprint density at radius 2 is 1.80 bits per heavy atom. The molecular weight excluding hydrogens is 372 g/mol. The summed E-state index contributed by atoms with van der Waals surface area (Å²) >= 11 is 0. The van der Waals surface area contributed by atoms with Gasteiger partial charge in [-0.2, -0.15) is 0 Å². The first kappa shape index (κ1) is 21.2. The summed E-state index contributed by atoms with van der Waals surface area (Å²) in [5.41, 5.74) is 9.96. The lowest BCUT2D eigenvalue weighted by Crippen LogP contribution is -2.47. The highest BCUT2D eigenvalue weighted by Crippen LogP contribution is 2.28. The third kappa shape index (κ3) is 5.54. The molecule has 4 rings (SSSR count). The van der Waals surface area contributed by atoms with Gasteiger partial charge in [0.1, 0.15) is 5.60 Å². The molecule has 0 amide bonds. The van der Waals surface area contributed by atoms with E-state index in [1.807, 2.05) is 18.2 Å². The molecule has 4 N–H and O–H groups in total. The van der Waals surface area contributed by atoms with Crippen LogP contribution in [0.15, 0.2) is 65.7 Å². The molecule has 0 aliphatic carbocycles. The van der Waals surface area contributed by atoms with E-state index in [1.165, 1.54) is 42.8 Å². The van der Waals surface area contributed by atoms with Crippen molar-refractivity contribution in [2.75, 3.05) is 32.7 Å². The molecule has 5 heteroatoms. The highest BCUT2D eigenvalue weighted by atomic mass is 16.3. The van der Waals surface area contributed by atoms with E-state index in [1.54, 1.807) is 0 Å². The molecule has 0 spiro atoms. The molecule has 2 saturated heterocycles. The lowest BCUT2D eigenvalue weighted by Gasteiger charge is -2.38. The van der Waals surface area contributed by atoms with Gasteiger partial charge in [0.05, 0.1) is 0 Å². The molecule has 3 aliphatic heterocycles. The first-order valence-electron chi connectivity index (χ1n) is 11.4. The Hall–Kier alpha value is -2.08. The maximum Gasteiger partial charge on any atom is 0.106 e. The molecule has 1 aromatic rings. The van der Waals surface area contributed by atoms with Crippen LogP contribution < -0.4 is 11.1 Å². The van der Waals surface area contributed by atoms with Crippen molar-refractivity contribution in [2.24, 2.45) is 5.73 Å². The molecule has 5 nitrogen and oxygen atoms in total. The summed E-state index contributed by atoms with van der Waals surface area (Å²) in [6.07, 6.45) is 12.2. The number of likely N-dealkylation sites (tertiary alicyclic amines) is 2. The van der Waals surface area contributed by atoms with Gasteiger partial charge in [-0.15, -0.1) is 0 Å². The van der Waals surface area contributed by atoms with Crippen LogP contribution in [0, 0.1) is 0 Å². The van der Waals surface area contributed by atoms with E-state index in [2.05, 4.69) is 45.6 Å². The molecule has 0 radical (unpaired) electrons. The Morgan fingerprint density at radius 3 is 2.53 bits per heavy atom. The van der Waals surface area contributed by atoms with E-state index in [-0.39, 0.29) is 0 Å². The van der Waals surface area contributed by atoms with Crippen LogP contribution in [-0.4, -0.2) is 53.2 Å². The third-order valence-corrected chi connectivity index (χ3v) is 6.76. The maximum absolute atomic E-state index is 11.1. The Balaban J connectivity index is 1.24. The van der Waals surface area contributed by atoms with Gasteiger partial charge in [0.25, 0.3) is 0 Å². The van der Waals surface area contributed by atoms with E-state index >= 15 is 0 Å². The highest BCUT2D eigenvalue weighted by molar-refractivity contribution is 5.29. The first-order chi connectivity index (χ1) is 14.6. The van der Waals surface area contributed by atoms with Gasteiger partial charge in [-0.3, -0.25) is 4.90 Å². The van der Waals surface area contributed by atoms with Crippen LogP contribution in [-0.2, 0) is 6.54 Å². The van der Waals surface area contributed by atoms with Gasteiger partial charge in [0, 0.05) is 50.2 Å².